The smallest absolute Gasteiger partial charge is 0.157 e. The molecule has 0 fully saturated rings. The fourth-order valence-electron chi connectivity index (χ4n) is 1.36. The lowest BCUT2D eigenvalue weighted by Gasteiger charge is -1.95. The summed E-state index contributed by atoms with van der Waals surface area (Å²) in [7, 11) is 0. The third kappa shape index (κ3) is 2.41. The van der Waals surface area contributed by atoms with Gasteiger partial charge in [-0.15, -0.1) is 11.3 Å². The summed E-state index contributed by atoms with van der Waals surface area (Å²) >= 11 is 8.95. The summed E-state index contributed by atoms with van der Waals surface area (Å²) in [5.74, 6) is 0. The van der Waals surface area contributed by atoms with Gasteiger partial charge in [0.25, 0.3) is 0 Å². The third-order valence-corrected chi connectivity index (χ3v) is 4.31. The molecule has 0 unspecified atom stereocenters. The van der Waals surface area contributed by atoms with Crippen molar-refractivity contribution in [1.29, 1.82) is 0 Å². The Morgan fingerprint density at radius 1 is 1.18 bits per heavy atom. The summed E-state index contributed by atoms with van der Waals surface area (Å²) in [6, 6.07) is 9.79. The molecule has 6 heteroatoms. The molecule has 0 bridgehead atoms. The van der Waals surface area contributed by atoms with Crippen LogP contribution in [0.4, 0.5) is 0 Å². The zero-order chi connectivity index (χ0) is 11.7. The second kappa shape index (κ2) is 4.60. The molecule has 0 N–H and O–H groups in total. The van der Waals surface area contributed by atoms with Crippen LogP contribution in [-0.2, 0) is 0 Å². The van der Waals surface area contributed by atoms with Crippen molar-refractivity contribution in [3.05, 3.63) is 41.8 Å². The van der Waals surface area contributed by atoms with E-state index in [1.165, 1.54) is 22.8 Å². The Balaban J connectivity index is 1.94. The molecule has 3 rings (SSSR count). The quantitative estimate of drug-likeness (QED) is 0.667. The van der Waals surface area contributed by atoms with Crippen LogP contribution in [0.25, 0.3) is 10.2 Å². The second-order valence-corrected chi connectivity index (χ2v) is 5.91. The number of rotatable bonds is 2. The van der Waals surface area contributed by atoms with Crippen molar-refractivity contribution < 1.29 is 0 Å². The first-order valence-electron chi connectivity index (χ1n) is 4.82. The summed E-state index contributed by atoms with van der Waals surface area (Å²) in [4.78, 5) is 12.5. The molecule has 84 valence electrons. The van der Waals surface area contributed by atoms with Gasteiger partial charge in [-0.3, -0.25) is 0 Å². The number of thiazole rings is 1. The fraction of sp³-hybridized carbons (Fsp3) is 0. The lowest BCUT2D eigenvalue weighted by Crippen LogP contribution is -1.81. The monoisotopic (exact) mass is 279 g/mol. The zero-order valence-electron chi connectivity index (χ0n) is 8.50. The molecule has 3 aromatic rings. The van der Waals surface area contributed by atoms with Crippen LogP contribution in [-0.4, -0.2) is 15.0 Å². The number of fused-ring (bicyclic) bond motifs is 1. The standard InChI is InChI=1S/C11H6ClN3S2/c12-9-5-10(14-6-13-9)17-11-15-7-3-1-2-4-8(7)16-11/h1-6H. The van der Waals surface area contributed by atoms with Gasteiger partial charge in [0.2, 0.25) is 0 Å². The normalized spacial score (nSPS) is 10.9. The Labute approximate surface area is 111 Å². The van der Waals surface area contributed by atoms with Crippen LogP contribution in [0.15, 0.2) is 46.0 Å². The zero-order valence-corrected chi connectivity index (χ0v) is 10.9. The third-order valence-electron chi connectivity index (χ3n) is 2.07. The van der Waals surface area contributed by atoms with Crippen LogP contribution < -0.4 is 0 Å². The van der Waals surface area contributed by atoms with Crippen molar-refractivity contribution in [1.82, 2.24) is 15.0 Å². The first kappa shape index (κ1) is 11.0. The molecule has 0 aliphatic rings. The van der Waals surface area contributed by atoms with Crippen molar-refractivity contribution in [2.45, 2.75) is 9.37 Å². The van der Waals surface area contributed by atoms with E-state index in [1.54, 1.807) is 17.4 Å². The van der Waals surface area contributed by atoms with E-state index in [-0.39, 0.29) is 0 Å². The average molecular weight is 280 g/mol. The van der Waals surface area contributed by atoms with Crippen molar-refractivity contribution in [3.8, 4) is 0 Å². The van der Waals surface area contributed by atoms with E-state index >= 15 is 0 Å². The lowest BCUT2D eigenvalue weighted by molar-refractivity contribution is 1.05. The van der Waals surface area contributed by atoms with Gasteiger partial charge in [0.05, 0.1) is 10.2 Å². The molecule has 0 spiro atoms. The lowest BCUT2D eigenvalue weighted by atomic mass is 10.3. The molecule has 2 heterocycles. The molecule has 0 atom stereocenters. The van der Waals surface area contributed by atoms with Gasteiger partial charge in [-0.2, -0.15) is 0 Å². The van der Waals surface area contributed by atoms with Crippen LogP contribution in [0.3, 0.4) is 0 Å². The van der Waals surface area contributed by atoms with E-state index < -0.39 is 0 Å². The van der Waals surface area contributed by atoms with Crippen molar-refractivity contribution in [2.24, 2.45) is 0 Å². The number of hydrogen-bond acceptors (Lipinski definition) is 5. The van der Waals surface area contributed by atoms with E-state index in [4.69, 9.17) is 11.6 Å². The average Bonchev–Trinajstić information content (AvgIpc) is 2.71. The first-order chi connectivity index (χ1) is 8.31. The molecule has 3 nitrogen and oxygen atoms in total. The highest BCUT2D eigenvalue weighted by Crippen LogP contribution is 2.33. The maximum Gasteiger partial charge on any atom is 0.157 e. The molecule has 0 amide bonds. The van der Waals surface area contributed by atoms with E-state index in [9.17, 15) is 0 Å². The topological polar surface area (TPSA) is 38.7 Å². The Morgan fingerprint density at radius 2 is 2.06 bits per heavy atom. The Morgan fingerprint density at radius 3 is 2.88 bits per heavy atom. The van der Waals surface area contributed by atoms with Crippen molar-refractivity contribution in [3.63, 3.8) is 0 Å². The molecule has 0 aliphatic carbocycles. The summed E-state index contributed by atoms with van der Waals surface area (Å²) in [5, 5.41) is 1.26. The van der Waals surface area contributed by atoms with Crippen LogP contribution in [0, 0.1) is 0 Å². The van der Waals surface area contributed by atoms with Gasteiger partial charge in [-0.25, -0.2) is 15.0 Å². The summed E-state index contributed by atoms with van der Waals surface area (Å²) in [6.07, 6.45) is 1.46. The molecule has 0 saturated carbocycles. The van der Waals surface area contributed by atoms with Gasteiger partial charge in [0.1, 0.15) is 16.5 Å². The highest BCUT2D eigenvalue weighted by atomic mass is 35.5. The van der Waals surface area contributed by atoms with Gasteiger partial charge >= 0.3 is 0 Å². The minimum Gasteiger partial charge on any atom is -0.229 e. The molecule has 0 aliphatic heterocycles. The molecule has 0 radical (unpaired) electrons. The number of hydrogen-bond donors (Lipinski definition) is 0. The molecular formula is C11H6ClN3S2. The highest BCUT2D eigenvalue weighted by molar-refractivity contribution is 8.01. The Bertz CT molecular complexity index is 635. The maximum absolute atomic E-state index is 5.81. The summed E-state index contributed by atoms with van der Waals surface area (Å²) in [6.45, 7) is 0. The number of para-hydroxylation sites is 1. The maximum atomic E-state index is 5.81. The largest absolute Gasteiger partial charge is 0.229 e. The van der Waals surface area contributed by atoms with E-state index in [0.29, 0.717) is 5.15 Å². The number of aromatic nitrogens is 3. The molecule has 17 heavy (non-hydrogen) atoms. The van der Waals surface area contributed by atoms with E-state index in [0.717, 1.165) is 14.9 Å². The fourth-order valence-corrected chi connectivity index (χ4v) is 3.55. The van der Waals surface area contributed by atoms with Crippen LogP contribution in [0.2, 0.25) is 5.15 Å². The van der Waals surface area contributed by atoms with E-state index in [2.05, 4.69) is 21.0 Å². The van der Waals surface area contributed by atoms with Crippen molar-refractivity contribution in [2.75, 3.05) is 0 Å². The minimum absolute atomic E-state index is 0.448. The number of nitrogens with zero attached hydrogens (tertiary/aromatic N) is 3. The van der Waals surface area contributed by atoms with Gasteiger partial charge in [-0.1, -0.05) is 23.7 Å². The van der Waals surface area contributed by atoms with Gasteiger partial charge in [-0.05, 0) is 23.9 Å². The predicted octanol–water partition coefficient (Wildman–Crippen LogP) is 3.89. The first-order valence-corrected chi connectivity index (χ1v) is 6.83. The van der Waals surface area contributed by atoms with Crippen LogP contribution in [0.1, 0.15) is 0 Å². The summed E-state index contributed by atoms with van der Waals surface area (Å²) < 4.78 is 2.14. The SMILES string of the molecule is Clc1cc(Sc2nc3ccccc3s2)ncn1. The number of halogens is 1. The molecule has 1 aromatic carbocycles. The van der Waals surface area contributed by atoms with Crippen LogP contribution >= 0.6 is 34.7 Å². The highest BCUT2D eigenvalue weighted by Gasteiger charge is 2.06. The van der Waals surface area contributed by atoms with E-state index in [1.807, 2.05) is 18.2 Å². The Kier molecular flexibility index (Phi) is 2.96. The molecular weight excluding hydrogens is 274 g/mol. The molecule has 2 aromatic heterocycles. The summed E-state index contributed by atoms with van der Waals surface area (Å²) in [5.41, 5.74) is 1.01. The van der Waals surface area contributed by atoms with Gasteiger partial charge in [0, 0.05) is 6.07 Å². The van der Waals surface area contributed by atoms with Gasteiger partial charge < -0.3 is 0 Å². The Hall–Kier alpha value is -1.17. The minimum atomic E-state index is 0.448. The number of benzene rings is 1. The van der Waals surface area contributed by atoms with Crippen molar-refractivity contribution >= 4 is 44.9 Å². The second-order valence-electron chi connectivity index (χ2n) is 3.23. The van der Waals surface area contributed by atoms with Crippen LogP contribution in [0.5, 0.6) is 0 Å². The predicted molar refractivity (Wildman–Crippen MR) is 70.8 cm³/mol. The van der Waals surface area contributed by atoms with Gasteiger partial charge in [0.15, 0.2) is 4.34 Å². The molecule has 0 saturated heterocycles.